The molecule has 47 heavy (non-hydrogen) atoms. The zero-order valence-corrected chi connectivity index (χ0v) is 27.2. The first-order valence-electron chi connectivity index (χ1n) is 16.2. The molecule has 1 amide bonds. The molecule has 0 aromatic carbocycles. The Labute approximate surface area is 273 Å². The van der Waals surface area contributed by atoms with Gasteiger partial charge in [0, 0.05) is 61.8 Å². The lowest BCUT2D eigenvalue weighted by Gasteiger charge is -2.48. The van der Waals surface area contributed by atoms with Gasteiger partial charge in [-0.15, -0.1) is 0 Å². The Kier molecular flexibility index (Phi) is 9.28. The standard InChI is InChI=1S/C35H43N3O9/c1-18-15-19(2)35-23(8-9-24-27(35)28(39)20(3)30(31(24)47-35)46-32(40)25-7-6-12-37-25)16-26(43-5)33(41)45-29(18)21(4)44-34(42)38-17-22-10-13-36-14-11-22/h6-15,18,20-21,23-24,26-31,37,39H,16-17H2,1-5H3,(H,38,42)/b19-15+/t18-,20-,21-,23-,24-,26+,27+,28-,29+,30-,31-,35+/m1/s1. The van der Waals surface area contributed by atoms with Gasteiger partial charge in [-0.1, -0.05) is 32.1 Å². The summed E-state index contributed by atoms with van der Waals surface area (Å²) in [6, 6.07) is 6.94. The molecule has 1 saturated heterocycles. The predicted molar refractivity (Wildman–Crippen MR) is 168 cm³/mol. The van der Waals surface area contributed by atoms with E-state index in [4.69, 9.17) is 23.7 Å². The van der Waals surface area contributed by atoms with Crippen LogP contribution in [0, 0.1) is 29.6 Å². The number of aliphatic hydroxyl groups excluding tert-OH is 1. The number of methoxy groups -OCH3 is 1. The van der Waals surface area contributed by atoms with E-state index in [1.54, 1.807) is 49.8 Å². The minimum Gasteiger partial charge on any atom is -0.456 e. The molecule has 2 fully saturated rings. The van der Waals surface area contributed by atoms with Crippen molar-refractivity contribution in [3.8, 4) is 0 Å². The maximum absolute atomic E-state index is 13.6. The third-order valence-electron chi connectivity index (χ3n) is 10.4. The first-order valence-corrected chi connectivity index (χ1v) is 16.2. The SMILES string of the molecule is CO[C@H]1C[C@H]2C=C[C@H]3[C@H]4O[C@]2(/C(C)=C/[C@@H](C)[C@@H]([C@@H](C)OC(=O)NCc2ccncc2)OC1=O)[C@@H]3[C@H](O)[C@@H](C)[C@H]4OC(=O)c1ccc[nH]1. The average Bonchev–Trinajstić information content (AvgIpc) is 3.66. The number of rotatable bonds is 7. The van der Waals surface area contributed by atoms with Crippen LogP contribution >= 0.6 is 0 Å². The molecule has 0 radical (unpaired) electrons. The van der Waals surface area contributed by atoms with Crippen LogP contribution in [0.3, 0.4) is 0 Å². The Balaban J connectivity index is 1.29. The van der Waals surface area contributed by atoms with Crippen molar-refractivity contribution in [3.63, 3.8) is 0 Å². The number of pyridine rings is 1. The second-order valence-electron chi connectivity index (χ2n) is 13.2. The van der Waals surface area contributed by atoms with Crippen molar-refractivity contribution in [1.29, 1.82) is 0 Å². The van der Waals surface area contributed by atoms with Crippen molar-refractivity contribution in [3.05, 3.63) is 77.9 Å². The van der Waals surface area contributed by atoms with E-state index in [0.29, 0.717) is 5.69 Å². The fourth-order valence-corrected chi connectivity index (χ4v) is 8.08. The second kappa shape index (κ2) is 13.2. The first-order chi connectivity index (χ1) is 22.5. The lowest BCUT2D eigenvalue weighted by molar-refractivity contribution is -0.172. The van der Waals surface area contributed by atoms with Gasteiger partial charge in [-0.3, -0.25) is 4.98 Å². The van der Waals surface area contributed by atoms with Gasteiger partial charge in [0.15, 0.2) is 6.10 Å². The van der Waals surface area contributed by atoms with Gasteiger partial charge in [0.25, 0.3) is 0 Å². The topological polar surface area (TPSA) is 158 Å². The number of nitrogens with zero attached hydrogens (tertiary/aromatic N) is 1. The van der Waals surface area contributed by atoms with Crippen molar-refractivity contribution in [2.45, 2.75) is 82.9 Å². The maximum Gasteiger partial charge on any atom is 0.407 e. The van der Waals surface area contributed by atoms with Gasteiger partial charge < -0.3 is 39.1 Å². The molecule has 12 atom stereocenters. The molecule has 2 aromatic heterocycles. The second-order valence-corrected chi connectivity index (χ2v) is 13.2. The molecule has 1 saturated carbocycles. The van der Waals surface area contributed by atoms with Crippen LogP contribution in [0.5, 0.6) is 0 Å². The molecular formula is C35H43N3O9. The summed E-state index contributed by atoms with van der Waals surface area (Å²) < 4.78 is 30.4. The van der Waals surface area contributed by atoms with Gasteiger partial charge in [-0.25, -0.2) is 14.4 Å². The molecule has 12 nitrogen and oxygen atoms in total. The van der Waals surface area contributed by atoms with Gasteiger partial charge in [0.05, 0.1) is 6.10 Å². The zero-order chi connectivity index (χ0) is 33.5. The molecule has 2 aromatic rings. The van der Waals surface area contributed by atoms with Gasteiger partial charge in [0.1, 0.15) is 35.7 Å². The largest absolute Gasteiger partial charge is 0.456 e. The number of alkyl carbamates (subject to hydrolysis) is 1. The number of hydrogen-bond acceptors (Lipinski definition) is 10. The lowest BCUT2D eigenvalue weighted by atomic mass is 9.57. The molecule has 0 unspecified atom stereocenters. The monoisotopic (exact) mass is 649 g/mol. The number of aromatic amines is 1. The number of carbonyl (C=O) groups is 3. The number of aliphatic hydroxyl groups is 1. The van der Waals surface area contributed by atoms with Crippen LogP contribution in [0.25, 0.3) is 0 Å². The van der Waals surface area contributed by atoms with E-state index in [0.717, 1.165) is 11.1 Å². The number of ether oxygens (including phenoxy) is 5. The Hall–Kier alpha value is -4.00. The van der Waals surface area contributed by atoms with E-state index in [9.17, 15) is 19.5 Å². The fraction of sp³-hybridized carbons (Fsp3) is 0.543. The Morgan fingerprint density at radius 3 is 2.68 bits per heavy atom. The minimum absolute atomic E-state index is 0.226. The summed E-state index contributed by atoms with van der Waals surface area (Å²) in [6.45, 7) is 7.67. The van der Waals surface area contributed by atoms with Gasteiger partial charge >= 0.3 is 18.0 Å². The molecular weight excluding hydrogens is 606 g/mol. The molecule has 2 aliphatic heterocycles. The van der Waals surface area contributed by atoms with Gasteiger partial charge in [0.2, 0.25) is 0 Å². The van der Waals surface area contributed by atoms with Crippen LogP contribution in [-0.2, 0) is 35.0 Å². The summed E-state index contributed by atoms with van der Waals surface area (Å²) in [6.07, 6.45) is 5.84. The number of esters is 2. The van der Waals surface area contributed by atoms with Crippen LogP contribution < -0.4 is 5.32 Å². The van der Waals surface area contributed by atoms with E-state index >= 15 is 0 Å². The molecule has 4 heterocycles. The molecule has 4 bridgehead atoms. The summed E-state index contributed by atoms with van der Waals surface area (Å²) in [5.74, 6) is -2.87. The van der Waals surface area contributed by atoms with Crippen LogP contribution in [0.2, 0.25) is 0 Å². The smallest absolute Gasteiger partial charge is 0.407 e. The van der Waals surface area contributed by atoms with Crippen LogP contribution in [-0.4, -0.2) is 82.4 Å². The van der Waals surface area contributed by atoms with Crippen molar-refractivity contribution < 1.29 is 43.2 Å². The maximum atomic E-state index is 13.6. The highest BCUT2D eigenvalue weighted by atomic mass is 16.6. The highest BCUT2D eigenvalue weighted by Gasteiger charge is 2.69. The number of aromatic nitrogens is 2. The molecule has 4 aliphatic rings. The molecule has 252 valence electrons. The predicted octanol–water partition coefficient (Wildman–Crippen LogP) is 3.73. The van der Waals surface area contributed by atoms with E-state index in [1.165, 1.54) is 7.11 Å². The van der Waals surface area contributed by atoms with Crippen molar-refractivity contribution in [2.24, 2.45) is 29.6 Å². The number of amides is 1. The summed E-state index contributed by atoms with van der Waals surface area (Å²) >= 11 is 0. The third kappa shape index (κ3) is 5.98. The quantitative estimate of drug-likeness (QED) is 0.229. The average molecular weight is 650 g/mol. The highest BCUT2D eigenvalue weighted by Crippen LogP contribution is 2.61. The number of H-pyrrole nitrogens is 1. The molecule has 3 N–H and O–H groups in total. The highest BCUT2D eigenvalue weighted by molar-refractivity contribution is 5.87. The Morgan fingerprint density at radius 2 is 1.98 bits per heavy atom. The molecule has 2 aliphatic carbocycles. The minimum atomic E-state index is -1.01. The number of cyclic esters (lactones) is 1. The normalized spacial score (nSPS) is 37.8. The van der Waals surface area contributed by atoms with Crippen molar-refractivity contribution >= 4 is 18.0 Å². The molecule has 12 heteroatoms. The lowest BCUT2D eigenvalue weighted by Crippen LogP contribution is -2.57. The van der Waals surface area contributed by atoms with Crippen molar-refractivity contribution in [1.82, 2.24) is 15.3 Å². The third-order valence-corrected chi connectivity index (χ3v) is 10.4. The number of carbonyl (C=O) groups excluding carboxylic acids is 3. The summed E-state index contributed by atoms with van der Waals surface area (Å²) in [4.78, 5) is 46.3. The van der Waals surface area contributed by atoms with Crippen LogP contribution in [0.4, 0.5) is 4.79 Å². The van der Waals surface area contributed by atoms with E-state index in [1.807, 2.05) is 39.0 Å². The summed E-state index contributed by atoms with van der Waals surface area (Å²) in [7, 11) is 1.45. The summed E-state index contributed by atoms with van der Waals surface area (Å²) in [5.41, 5.74) is 1.02. The number of hydrogen-bond donors (Lipinski definition) is 3. The Morgan fingerprint density at radius 1 is 1.21 bits per heavy atom. The van der Waals surface area contributed by atoms with E-state index < -0.39 is 72.1 Å². The van der Waals surface area contributed by atoms with Gasteiger partial charge in [-0.05, 0) is 55.7 Å². The van der Waals surface area contributed by atoms with Crippen LogP contribution in [0.1, 0.15) is 50.2 Å². The zero-order valence-electron chi connectivity index (χ0n) is 27.2. The van der Waals surface area contributed by atoms with Gasteiger partial charge in [-0.2, -0.15) is 0 Å². The van der Waals surface area contributed by atoms with E-state index in [2.05, 4.69) is 15.3 Å². The first kappa shape index (κ1) is 32.9. The van der Waals surface area contributed by atoms with Crippen LogP contribution in [0.15, 0.2) is 66.7 Å². The molecule has 1 spiro atoms. The van der Waals surface area contributed by atoms with Crippen molar-refractivity contribution in [2.75, 3.05) is 7.11 Å². The fourth-order valence-electron chi connectivity index (χ4n) is 8.08. The summed E-state index contributed by atoms with van der Waals surface area (Å²) in [5, 5.41) is 14.6. The molecule has 6 rings (SSSR count). The Bertz CT molecular complexity index is 1510. The number of nitrogens with one attached hydrogen (secondary N) is 2. The van der Waals surface area contributed by atoms with E-state index in [-0.39, 0.29) is 30.7 Å².